The summed E-state index contributed by atoms with van der Waals surface area (Å²) in [6.07, 6.45) is 6.74. The summed E-state index contributed by atoms with van der Waals surface area (Å²) in [7, 11) is 0. The van der Waals surface area contributed by atoms with E-state index in [9.17, 15) is 4.79 Å². The van der Waals surface area contributed by atoms with E-state index in [1.54, 1.807) is 6.92 Å². The van der Waals surface area contributed by atoms with Crippen molar-refractivity contribution in [1.29, 1.82) is 0 Å². The number of carbonyl (C=O) groups excluding carboxylic acids is 1. The van der Waals surface area contributed by atoms with Gasteiger partial charge in [0, 0.05) is 5.70 Å². The fourth-order valence-corrected chi connectivity index (χ4v) is 2.71. The van der Waals surface area contributed by atoms with Gasteiger partial charge in [0.15, 0.2) is 0 Å². The molecule has 0 aromatic carbocycles. The molecular weight excluding hydrogens is 375 g/mol. The third-order valence-electron chi connectivity index (χ3n) is 3.08. The second kappa shape index (κ2) is 7.84. The standard InChI is InChI=1S/C13H19IN2O2S/c1-8(15)11(12(14)19)16-13(17)18-9(2)10-6-4-3-5-7-10/h3-4,9-10H,5-7,15H2,1-2H3,(H,16,17)/t9-,10?/m1/s1. The average Bonchev–Trinajstić information content (AvgIpc) is 2.36. The van der Waals surface area contributed by atoms with E-state index in [0.717, 1.165) is 19.3 Å². The van der Waals surface area contributed by atoms with Gasteiger partial charge in [-0.1, -0.05) is 24.4 Å². The summed E-state index contributed by atoms with van der Waals surface area (Å²) in [4.78, 5) is 11.8. The molecule has 0 aromatic rings. The van der Waals surface area contributed by atoms with Gasteiger partial charge in [-0.3, -0.25) is 5.32 Å². The summed E-state index contributed by atoms with van der Waals surface area (Å²) in [6.45, 7) is 3.61. The van der Waals surface area contributed by atoms with Crippen LogP contribution >= 0.6 is 34.8 Å². The Morgan fingerprint density at radius 1 is 1.58 bits per heavy atom. The van der Waals surface area contributed by atoms with Crippen LogP contribution in [0.15, 0.2) is 23.5 Å². The Labute approximate surface area is 133 Å². The van der Waals surface area contributed by atoms with E-state index < -0.39 is 6.09 Å². The third-order valence-corrected chi connectivity index (χ3v) is 3.83. The molecule has 6 heteroatoms. The second-order valence-corrected chi connectivity index (χ2v) is 6.83. The van der Waals surface area contributed by atoms with E-state index in [4.69, 9.17) is 22.7 Å². The maximum absolute atomic E-state index is 11.8. The first kappa shape index (κ1) is 16.4. The zero-order valence-corrected chi connectivity index (χ0v) is 14.1. The van der Waals surface area contributed by atoms with Gasteiger partial charge in [-0.2, -0.15) is 0 Å². The minimum Gasteiger partial charge on any atom is -0.446 e. The van der Waals surface area contributed by atoms with Crippen LogP contribution in [0.2, 0.25) is 0 Å². The van der Waals surface area contributed by atoms with Crippen molar-refractivity contribution >= 4 is 43.8 Å². The predicted octanol–water partition coefficient (Wildman–Crippen LogP) is 3.41. The highest BCUT2D eigenvalue weighted by Crippen LogP contribution is 2.23. The molecule has 0 saturated carbocycles. The topological polar surface area (TPSA) is 64.3 Å². The zero-order chi connectivity index (χ0) is 14.4. The smallest absolute Gasteiger partial charge is 0.412 e. The highest BCUT2D eigenvalue weighted by Gasteiger charge is 2.22. The number of allylic oxidation sites excluding steroid dienone is 4. The van der Waals surface area contributed by atoms with Crippen molar-refractivity contribution in [3.8, 4) is 0 Å². The molecule has 106 valence electrons. The predicted molar refractivity (Wildman–Crippen MR) is 89.1 cm³/mol. The Balaban J connectivity index is 2.53. The molecule has 3 N–H and O–H groups in total. The number of halogens is 1. The normalized spacial score (nSPS) is 21.3. The monoisotopic (exact) mass is 394 g/mol. The Kier molecular flexibility index (Phi) is 6.78. The molecule has 2 atom stereocenters. The van der Waals surface area contributed by atoms with E-state index in [1.807, 2.05) is 29.5 Å². The number of rotatable bonds is 4. The van der Waals surface area contributed by atoms with Crippen LogP contribution in [0.4, 0.5) is 4.79 Å². The van der Waals surface area contributed by atoms with Crippen molar-refractivity contribution in [2.45, 2.75) is 39.2 Å². The fourth-order valence-electron chi connectivity index (χ4n) is 1.94. The first-order chi connectivity index (χ1) is 8.91. The molecule has 0 aromatic heterocycles. The van der Waals surface area contributed by atoms with Crippen LogP contribution in [0.3, 0.4) is 0 Å². The number of amides is 1. The Morgan fingerprint density at radius 3 is 2.74 bits per heavy atom. The Bertz CT molecular complexity index is 417. The van der Waals surface area contributed by atoms with Crippen molar-refractivity contribution in [1.82, 2.24) is 5.32 Å². The van der Waals surface area contributed by atoms with Crippen LogP contribution in [-0.4, -0.2) is 15.1 Å². The highest BCUT2D eigenvalue weighted by molar-refractivity contribution is 14.1. The maximum Gasteiger partial charge on any atom is 0.412 e. The summed E-state index contributed by atoms with van der Waals surface area (Å²) in [5.74, 6) is 0.383. The maximum atomic E-state index is 11.8. The number of hydrogen-bond acceptors (Lipinski definition) is 4. The van der Waals surface area contributed by atoms with E-state index in [-0.39, 0.29) is 6.10 Å². The number of nitrogens with one attached hydrogen (secondary N) is 1. The first-order valence-corrected chi connectivity index (χ1v) is 7.69. The highest BCUT2D eigenvalue weighted by atomic mass is 127. The number of hydrogen-bond donors (Lipinski definition) is 2. The Hall–Kier alpha value is -0.630. The molecule has 19 heavy (non-hydrogen) atoms. The van der Waals surface area contributed by atoms with Gasteiger partial charge in [0.05, 0.1) is 5.70 Å². The van der Waals surface area contributed by atoms with Crippen molar-refractivity contribution < 1.29 is 9.53 Å². The molecule has 0 bridgehead atoms. The van der Waals surface area contributed by atoms with E-state index in [0.29, 0.717) is 20.2 Å². The molecule has 0 radical (unpaired) electrons. The summed E-state index contributed by atoms with van der Waals surface area (Å²) in [5, 5.41) is 2.61. The lowest BCUT2D eigenvalue weighted by atomic mass is 9.90. The van der Waals surface area contributed by atoms with Crippen LogP contribution in [0.25, 0.3) is 0 Å². The van der Waals surface area contributed by atoms with Crippen molar-refractivity contribution in [2.24, 2.45) is 11.7 Å². The molecule has 4 nitrogen and oxygen atoms in total. The molecule has 0 spiro atoms. The lowest BCUT2D eigenvalue weighted by Crippen LogP contribution is -2.33. The van der Waals surface area contributed by atoms with E-state index in [1.165, 1.54) is 0 Å². The molecular formula is C13H19IN2O2S. The number of carbonyl (C=O) groups is 1. The molecule has 0 aliphatic heterocycles. The van der Waals surface area contributed by atoms with Gasteiger partial charge < -0.3 is 10.5 Å². The molecule has 1 aliphatic rings. The van der Waals surface area contributed by atoms with Crippen molar-refractivity contribution in [3.63, 3.8) is 0 Å². The lowest BCUT2D eigenvalue weighted by molar-refractivity contribution is 0.0715. The molecule has 0 heterocycles. The number of ether oxygens (including phenoxy) is 1. The second-order valence-electron chi connectivity index (χ2n) is 4.61. The number of nitrogens with two attached hydrogens (primary N) is 1. The third kappa shape index (κ3) is 5.48. The van der Waals surface area contributed by atoms with Gasteiger partial charge in [0.25, 0.3) is 0 Å². The summed E-state index contributed by atoms with van der Waals surface area (Å²) in [6, 6.07) is 0. The van der Waals surface area contributed by atoms with Crippen LogP contribution in [0.5, 0.6) is 0 Å². The summed E-state index contributed by atoms with van der Waals surface area (Å²) < 4.78 is 5.90. The van der Waals surface area contributed by atoms with Crippen molar-refractivity contribution in [3.05, 3.63) is 23.5 Å². The first-order valence-electron chi connectivity index (χ1n) is 6.20. The molecule has 1 unspecified atom stereocenters. The fraction of sp³-hybridized carbons (Fsp3) is 0.538. The van der Waals surface area contributed by atoms with Gasteiger partial charge >= 0.3 is 6.09 Å². The van der Waals surface area contributed by atoms with Crippen LogP contribution in [0.1, 0.15) is 33.1 Å². The minimum absolute atomic E-state index is 0.118. The molecule has 0 fully saturated rings. The minimum atomic E-state index is -0.499. The summed E-state index contributed by atoms with van der Waals surface area (Å²) in [5.41, 5.74) is 6.60. The summed E-state index contributed by atoms with van der Waals surface area (Å²) >= 11 is 6.96. The Morgan fingerprint density at radius 2 is 2.26 bits per heavy atom. The average molecular weight is 394 g/mol. The van der Waals surface area contributed by atoms with Crippen LogP contribution in [0, 0.1) is 5.92 Å². The SMILES string of the molecule is CC(N)=C(NC(=O)O[C@H](C)C1CC=CCC1)C(=S)I. The van der Waals surface area contributed by atoms with Gasteiger partial charge in [0.1, 0.15) is 8.98 Å². The van der Waals surface area contributed by atoms with Gasteiger partial charge in [0.2, 0.25) is 0 Å². The van der Waals surface area contributed by atoms with E-state index in [2.05, 4.69) is 17.5 Å². The molecule has 0 saturated heterocycles. The van der Waals surface area contributed by atoms with Crippen LogP contribution in [-0.2, 0) is 4.74 Å². The largest absolute Gasteiger partial charge is 0.446 e. The van der Waals surface area contributed by atoms with Crippen LogP contribution < -0.4 is 11.1 Å². The van der Waals surface area contributed by atoms with Gasteiger partial charge in [-0.05, 0) is 61.6 Å². The zero-order valence-electron chi connectivity index (χ0n) is 11.1. The molecule has 1 amide bonds. The molecule has 1 aliphatic carbocycles. The lowest BCUT2D eigenvalue weighted by Gasteiger charge is -2.25. The van der Waals surface area contributed by atoms with E-state index >= 15 is 0 Å². The van der Waals surface area contributed by atoms with Gasteiger partial charge in [-0.25, -0.2) is 4.79 Å². The number of alkyl carbamates (subject to hydrolysis) is 1. The molecule has 1 rings (SSSR count). The van der Waals surface area contributed by atoms with Crippen molar-refractivity contribution in [2.75, 3.05) is 0 Å². The quantitative estimate of drug-likeness (QED) is 0.252. The number of thiocarbonyl (C=S) groups is 1. The van der Waals surface area contributed by atoms with Gasteiger partial charge in [-0.15, -0.1) is 0 Å².